The molecule has 0 atom stereocenters. The molecule has 0 saturated heterocycles. The number of ether oxygens (including phenoxy) is 1. The van der Waals surface area contributed by atoms with Gasteiger partial charge in [-0.3, -0.25) is 14.9 Å². The fourth-order valence-corrected chi connectivity index (χ4v) is 4.47. The summed E-state index contributed by atoms with van der Waals surface area (Å²) in [5.41, 5.74) is 1.09. The number of nitro groups is 1. The summed E-state index contributed by atoms with van der Waals surface area (Å²) in [5, 5.41) is 14.7. The third-order valence-electron chi connectivity index (χ3n) is 3.94. The zero-order valence-corrected chi connectivity index (χ0v) is 15.7. The Kier molecular flexibility index (Phi) is 4.75. The molecule has 9 heteroatoms. The number of methoxy groups -OCH3 is 1. The van der Waals surface area contributed by atoms with E-state index in [0.29, 0.717) is 20.8 Å². The van der Waals surface area contributed by atoms with Crippen molar-refractivity contribution in [2.75, 3.05) is 12.4 Å². The molecule has 1 N–H and O–H groups in total. The normalized spacial score (nSPS) is 10.7. The first kappa shape index (κ1) is 18.0. The number of rotatable bonds is 4. The van der Waals surface area contributed by atoms with E-state index in [-0.39, 0.29) is 11.6 Å². The Balaban J connectivity index is 1.94. The second-order valence-corrected chi connectivity index (χ2v) is 7.83. The molecule has 7 nitrogen and oxygen atoms in total. The van der Waals surface area contributed by atoms with Crippen molar-refractivity contribution < 1.29 is 19.2 Å². The SMILES string of the molecule is COC(=O)c1c(NC(=O)c2cc3cc([N+](=O)[O-])ccc3s2)sc(C)c1C. The van der Waals surface area contributed by atoms with Crippen molar-refractivity contribution in [3.8, 4) is 0 Å². The van der Waals surface area contributed by atoms with Gasteiger partial charge in [-0.25, -0.2) is 4.79 Å². The first-order chi connectivity index (χ1) is 12.3. The van der Waals surface area contributed by atoms with Crippen molar-refractivity contribution in [3.05, 3.63) is 55.3 Å². The minimum atomic E-state index is -0.505. The second kappa shape index (κ2) is 6.85. The van der Waals surface area contributed by atoms with E-state index < -0.39 is 10.9 Å². The van der Waals surface area contributed by atoms with Crippen molar-refractivity contribution in [2.24, 2.45) is 0 Å². The summed E-state index contributed by atoms with van der Waals surface area (Å²) in [6.45, 7) is 3.66. The largest absolute Gasteiger partial charge is 0.465 e. The number of amides is 1. The molecular formula is C17H14N2O5S2. The molecule has 1 amide bonds. The Morgan fingerprint density at radius 3 is 2.58 bits per heavy atom. The molecule has 3 aromatic rings. The molecule has 26 heavy (non-hydrogen) atoms. The smallest absolute Gasteiger partial charge is 0.341 e. The number of benzene rings is 1. The summed E-state index contributed by atoms with van der Waals surface area (Å²) in [6.07, 6.45) is 0. The standard InChI is InChI=1S/C17H14N2O5S2/c1-8-9(2)25-16(14(8)17(21)24-3)18-15(20)13-7-10-6-11(19(22)23)4-5-12(10)26-13/h4-7H,1-3H3,(H,18,20). The van der Waals surface area contributed by atoms with Gasteiger partial charge in [-0.2, -0.15) is 0 Å². The monoisotopic (exact) mass is 390 g/mol. The van der Waals surface area contributed by atoms with E-state index in [1.165, 1.54) is 41.9 Å². The van der Waals surface area contributed by atoms with E-state index in [1.807, 2.05) is 6.92 Å². The van der Waals surface area contributed by atoms with E-state index in [1.54, 1.807) is 19.1 Å². The van der Waals surface area contributed by atoms with Crippen LogP contribution in [0.25, 0.3) is 10.1 Å². The number of carbonyl (C=O) groups is 2. The number of nitro benzene ring substituents is 1. The van der Waals surface area contributed by atoms with E-state index in [2.05, 4.69) is 5.32 Å². The summed E-state index contributed by atoms with van der Waals surface area (Å²) >= 11 is 2.53. The highest BCUT2D eigenvalue weighted by Gasteiger charge is 2.22. The molecule has 3 rings (SSSR count). The summed E-state index contributed by atoms with van der Waals surface area (Å²) < 4.78 is 5.57. The molecule has 0 aliphatic heterocycles. The predicted molar refractivity (Wildman–Crippen MR) is 102 cm³/mol. The van der Waals surface area contributed by atoms with Crippen LogP contribution in [0.5, 0.6) is 0 Å². The number of hydrogen-bond donors (Lipinski definition) is 1. The molecule has 0 aliphatic carbocycles. The molecule has 0 spiro atoms. The maximum atomic E-state index is 12.6. The lowest BCUT2D eigenvalue weighted by molar-refractivity contribution is -0.384. The fraction of sp³-hybridized carbons (Fsp3) is 0.176. The number of fused-ring (bicyclic) bond motifs is 1. The molecule has 0 aliphatic rings. The molecule has 0 unspecified atom stereocenters. The molecule has 0 fully saturated rings. The van der Waals surface area contributed by atoms with Gasteiger partial charge in [0.15, 0.2) is 0 Å². The number of esters is 1. The van der Waals surface area contributed by atoms with Crippen LogP contribution in [0.4, 0.5) is 10.7 Å². The third kappa shape index (κ3) is 3.18. The number of anilines is 1. The highest BCUT2D eigenvalue weighted by molar-refractivity contribution is 7.21. The molecule has 134 valence electrons. The molecule has 0 bridgehead atoms. The molecular weight excluding hydrogens is 376 g/mol. The van der Waals surface area contributed by atoms with Crippen molar-refractivity contribution in [3.63, 3.8) is 0 Å². The van der Waals surface area contributed by atoms with Crippen molar-refractivity contribution >= 4 is 55.3 Å². The van der Waals surface area contributed by atoms with Crippen LogP contribution in [0.1, 0.15) is 30.5 Å². The van der Waals surface area contributed by atoms with Gasteiger partial charge in [-0.1, -0.05) is 0 Å². The molecule has 0 saturated carbocycles. The second-order valence-electron chi connectivity index (χ2n) is 5.52. The average molecular weight is 390 g/mol. The number of nitrogens with one attached hydrogen (secondary N) is 1. The summed E-state index contributed by atoms with van der Waals surface area (Å²) in [6, 6.07) is 6.06. The van der Waals surface area contributed by atoms with E-state index in [9.17, 15) is 19.7 Å². The lowest BCUT2D eigenvalue weighted by Gasteiger charge is -2.04. The zero-order chi connectivity index (χ0) is 19.0. The van der Waals surface area contributed by atoms with E-state index in [0.717, 1.165) is 15.1 Å². The van der Waals surface area contributed by atoms with Crippen LogP contribution >= 0.6 is 22.7 Å². The van der Waals surface area contributed by atoms with Gasteiger partial charge in [0.25, 0.3) is 11.6 Å². The maximum absolute atomic E-state index is 12.6. The quantitative estimate of drug-likeness (QED) is 0.401. The van der Waals surface area contributed by atoms with Crippen LogP contribution in [-0.4, -0.2) is 23.9 Å². The van der Waals surface area contributed by atoms with Crippen molar-refractivity contribution in [1.29, 1.82) is 0 Å². The number of non-ortho nitro benzene ring substituents is 1. The van der Waals surface area contributed by atoms with E-state index >= 15 is 0 Å². The first-order valence-corrected chi connectivity index (χ1v) is 9.12. The van der Waals surface area contributed by atoms with Crippen LogP contribution in [0.3, 0.4) is 0 Å². The summed E-state index contributed by atoms with van der Waals surface area (Å²) in [5.74, 6) is -0.880. The van der Waals surface area contributed by atoms with Gasteiger partial charge >= 0.3 is 5.97 Å². The molecule has 2 aromatic heterocycles. The van der Waals surface area contributed by atoms with Crippen LogP contribution < -0.4 is 5.32 Å². The zero-order valence-electron chi connectivity index (χ0n) is 14.1. The number of nitrogens with zero attached hydrogens (tertiary/aromatic N) is 1. The Bertz CT molecular complexity index is 1050. The maximum Gasteiger partial charge on any atom is 0.341 e. The number of thiophene rings is 2. The van der Waals surface area contributed by atoms with Gasteiger partial charge < -0.3 is 10.1 Å². The Labute approximate surface area is 156 Å². The molecule has 0 radical (unpaired) electrons. The Morgan fingerprint density at radius 2 is 1.92 bits per heavy atom. The molecule has 2 heterocycles. The van der Waals surface area contributed by atoms with Crippen LogP contribution in [0.2, 0.25) is 0 Å². The van der Waals surface area contributed by atoms with Crippen LogP contribution in [0.15, 0.2) is 24.3 Å². The van der Waals surface area contributed by atoms with Gasteiger partial charge in [-0.05, 0) is 31.5 Å². The Morgan fingerprint density at radius 1 is 1.19 bits per heavy atom. The summed E-state index contributed by atoms with van der Waals surface area (Å²) in [7, 11) is 1.29. The molecule has 1 aromatic carbocycles. The van der Waals surface area contributed by atoms with Crippen LogP contribution in [0, 0.1) is 24.0 Å². The Hall–Kier alpha value is -2.78. The highest BCUT2D eigenvalue weighted by atomic mass is 32.1. The number of hydrogen-bond acceptors (Lipinski definition) is 7. The van der Waals surface area contributed by atoms with Crippen molar-refractivity contribution in [1.82, 2.24) is 0 Å². The number of carbonyl (C=O) groups excluding carboxylic acids is 2. The van der Waals surface area contributed by atoms with Gasteiger partial charge in [0.05, 0.1) is 22.5 Å². The third-order valence-corrected chi connectivity index (χ3v) is 6.17. The highest BCUT2D eigenvalue weighted by Crippen LogP contribution is 2.34. The predicted octanol–water partition coefficient (Wildman–Crippen LogP) is 4.53. The fourth-order valence-electron chi connectivity index (χ4n) is 2.48. The lowest BCUT2D eigenvalue weighted by atomic mass is 10.1. The van der Waals surface area contributed by atoms with Crippen LogP contribution in [-0.2, 0) is 4.74 Å². The average Bonchev–Trinajstić information content (AvgIpc) is 3.15. The van der Waals surface area contributed by atoms with E-state index in [4.69, 9.17) is 4.74 Å². The van der Waals surface area contributed by atoms with Gasteiger partial charge in [0.2, 0.25) is 0 Å². The van der Waals surface area contributed by atoms with Crippen molar-refractivity contribution in [2.45, 2.75) is 13.8 Å². The minimum Gasteiger partial charge on any atom is -0.465 e. The first-order valence-electron chi connectivity index (χ1n) is 7.49. The topological polar surface area (TPSA) is 98.5 Å². The summed E-state index contributed by atoms with van der Waals surface area (Å²) in [4.78, 5) is 36.3. The van der Waals surface area contributed by atoms with Gasteiger partial charge in [-0.15, -0.1) is 22.7 Å². The van der Waals surface area contributed by atoms with Gasteiger partial charge in [0, 0.05) is 27.1 Å². The minimum absolute atomic E-state index is 0.0280. The lowest BCUT2D eigenvalue weighted by Crippen LogP contribution is -2.13. The van der Waals surface area contributed by atoms with Gasteiger partial charge in [0.1, 0.15) is 5.00 Å². The number of aryl methyl sites for hydroxylation is 1.